The number of methoxy groups -OCH3 is 1. The fourth-order valence-corrected chi connectivity index (χ4v) is 1.47. The van der Waals surface area contributed by atoms with E-state index in [4.69, 9.17) is 16.3 Å². The Labute approximate surface area is 110 Å². The van der Waals surface area contributed by atoms with Gasteiger partial charge in [0.05, 0.1) is 7.11 Å². The minimum absolute atomic E-state index is 0.827. The van der Waals surface area contributed by atoms with Crippen LogP contribution in [0.1, 0.15) is 38.7 Å². The Morgan fingerprint density at radius 1 is 1.29 bits per heavy atom. The van der Waals surface area contributed by atoms with E-state index in [1.54, 1.807) is 7.11 Å². The molecule has 0 unspecified atom stereocenters. The van der Waals surface area contributed by atoms with Crippen LogP contribution in [0.4, 0.5) is 0 Å². The molecule has 0 atom stereocenters. The molecule has 0 aliphatic carbocycles. The number of rotatable bonds is 5. The van der Waals surface area contributed by atoms with Gasteiger partial charge in [-0.05, 0) is 31.0 Å². The van der Waals surface area contributed by atoms with E-state index in [-0.39, 0.29) is 0 Å². The second-order valence-electron chi connectivity index (χ2n) is 3.67. The highest BCUT2D eigenvalue weighted by molar-refractivity contribution is 6.17. The monoisotopic (exact) mass is 254 g/mol. The summed E-state index contributed by atoms with van der Waals surface area (Å²) in [5.74, 6) is 1.73. The van der Waals surface area contributed by atoms with E-state index in [9.17, 15) is 0 Å². The number of alkyl halides is 1. The van der Waals surface area contributed by atoms with Gasteiger partial charge in [0.2, 0.25) is 0 Å². The molecule has 0 aliphatic heterocycles. The van der Waals surface area contributed by atoms with Crippen LogP contribution in [0.15, 0.2) is 30.3 Å². The number of ether oxygens (including phenoxy) is 1. The highest BCUT2D eigenvalue weighted by atomic mass is 35.5. The molecule has 0 bridgehead atoms. The Balaban J connectivity index is 0.000000366. The zero-order valence-corrected chi connectivity index (χ0v) is 11.8. The maximum absolute atomic E-state index is 5.38. The fraction of sp³-hybridized carbons (Fsp3) is 0.467. The molecule has 0 spiro atoms. The second-order valence-corrected chi connectivity index (χ2v) is 4.05. The normalized spacial score (nSPS) is 9.88. The topological polar surface area (TPSA) is 9.23 Å². The molecule has 2 heteroatoms. The fourth-order valence-electron chi connectivity index (χ4n) is 1.28. The summed E-state index contributed by atoms with van der Waals surface area (Å²) in [5.41, 5.74) is 1.17. The third-order valence-corrected chi connectivity index (χ3v) is 2.46. The lowest BCUT2D eigenvalue weighted by Crippen LogP contribution is -1.81. The highest BCUT2D eigenvalue weighted by Gasteiger charge is 1.89. The van der Waals surface area contributed by atoms with Crippen LogP contribution >= 0.6 is 11.6 Å². The van der Waals surface area contributed by atoms with Gasteiger partial charge in [-0.3, -0.25) is 0 Å². The van der Waals surface area contributed by atoms with Crippen LogP contribution in [0.25, 0.3) is 6.08 Å². The van der Waals surface area contributed by atoms with E-state index in [0.29, 0.717) is 0 Å². The molecule has 0 aromatic heterocycles. The molecule has 96 valence electrons. The third-order valence-electron chi connectivity index (χ3n) is 2.19. The molecule has 0 heterocycles. The Kier molecular flexibility index (Phi) is 10.9. The van der Waals surface area contributed by atoms with Gasteiger partial charge in [0.1, 0.15) is 5.75 Å². The number of hydrogen-bond acceptors (Lipinski definition) is 1. The van der Waals surface area contributed by atoms with E-state index >= 15 is 0 Å². The van der Waals surface area contributed by atoms with E-state index in [1.807, 2.05) is 43.3 Å². The first kappa shape index (κ1) is 16.1. The van der Waals surface area contributed by atoms with Crippen molar-refractivity contribution < 1.29 is 4.74 Å². The van der Waals surface area contributed by atoms with Crippen LogP contribution in [0, 0.1) is 0 Å². The summed E-state index contributed by atoms with van der Waals surface area (Å²) in [4.78, 5) is 0. The van der Waals surface area contributed by atoms with Gasteiger partial charge >= 0.3 is 0 Å². The van der Waals surface area contributed by atoms with E-state index in [2.05, 4.69) is 6.92 Å². The maximum atomic E-state index is 5.38. The van der Waals surface area contributed by atoms with Gasteiger partial charge in [0, 0.05) is 5.88 Å². The van der Waals surface area contributed by atoms with Crippen molar-refractivity contribution in [3.05, 3.63) is 35.9 Å². The molecule has 0 aliphatic rings. The van der Waals surface area contributed by atoms with Crippen molar-refractivity contribution in [2.45, 2.75) is 33.1 Å². The Bertz CT molecular complexity index is 304. The molecule has 0 saturated heterocycles. The average Bonchev–Trinajstić information content (AvgIpc) is 2.38. The molecular formula is C15H23ClO. The summed E-state index contributed by atoms with van der Waals surface area (Å²) in [6.45, 7) is 4.17. The average molecular weight is 255 g/mol. The van der Waals surface area contributed by atoms with Crippen LogP contribution in [0.3, 0.4) is 0 Å². The van der Waals surface area contributed by atoms with Crippen LogP contribution in [0.2, 0.25) is 0 Å². The number of allylic oxidation sites excluding steroid dienone is 1. The minimum atomic E-state index is 0.827. The number of halogens is 1. The standard InChI is InChI=1S/C10H12O.C5H11Cl/c1-3-5-9-6-4-7-10(8-9)11-2;1-2-3-4-5-6/h3-8H,1-2H3;2-5H2,1H3. The van der Waals surface area contributed by atoms with Gasteiger partial charge in [0.25, 0.3) is 0 Å². The van der Waals surface area contributed by atoms with Crippen molar-refractivity contribution in [2.24, 2.45) is 0 Å². The summed E-state index contributed by atoms with van der Waals surface area (Å²) >= 11 is 5.38. The lowest BCUT2D eigenvalue weighted by molar-refractivity contribution is 0.414. The summed E-state index contributed by atoms with van der Waals surface area (Å²) < 4.78 is 5.07. The SMILES string of the molecule is CC=Cc1cccc(OC)c1.CCCCCCl. The van der Waals surface area contributed by atoms with Gasteiger partial charge < -0.3 is 4.74 Å². The van der Waals surface area contributed by atoms with E-state index < -0.39 is 0 Å². The quantitative estimate of drug-likeness (QED) is 0.522. The summed E-state index contributed by atoms with van der Waals surface area (Å²) in [6, 6.07) is 7.96. The lowest BCUT2D eigenvalue weighted by atomic mass is 10.2. The van der Waals surface area contributed by atoms with Crippen molar-refractivity contribution in [3.63, 3.8) is 0 Å². The van der Waals surface area contributed by atoms with Gasteiger partial charge in [-0.15, -0.1) is 11.6 Å². The second kappa shape index (κ2) is 11.5. The number of unbranched alkanes of at least 4 members (excludes halogenated alkanes) is 2. The van der Waals surface area contributed by atoms with Gasteiger partial charge in [-0.25, -0.2) is 0 Å². The third kappa shape index (κ3) is 8.82. The predicted molar refractivity (Wildman–Crippen MR) is 77.9 cm³/mol. The summed E-state index contributed by atoms with van der Waals surface area (Å²) in [6.07, 6.45) is 7.78. The van der Waals surface area contributed by atoms with Crippen molar-refractivity contribution in [3.8, 4) is 5.75 Å². The molecule has 0 fully saturated rings. The predicted octanol–water partition coefficient (Wildman–Crippen LogP) is 5.14. The molecule has 1 aromatic carbocycles. The number of hydrogen-bond donors (Lipinski definition) is 0. The van der Waals surface area contributed by atoms with Crippen LogP contribution < -0.4 is 4.74 Å². The van der Waals surface area contributed by atoms with Crippen molar-refractivity contribution in [1.82, 2.24) is 0 Å². The largest absolute Gasteiger partial charge is 0.497 e. The van der Waals surface area contributed by atoms with Crippen LogP contribution in [0.5, 0.6) is 5.75 Å². The first-order chi connectivity index (χ1) is 8.28. The summed E-state index contributed by atoms with van der Waals surface area (Å²) in [7, 11) is 1.68. The molecule has 1 rings (SSSR count). The maximum Gasteiger partial charge on any atom is 0.119 e. The molecule has 0 radical (unpaired) electrons. The van der Waals surface area contributed by atoms with Crippen LogP contribution in [-0.4, -0.2) is 13.0 Å². The van der Waals surface area contributed by atoms with Gasteiger partial charge in [0.15, 0.2) is 0 Å². The summed E-state index contributed by atoms with van der Waals surface area (Å²) in [5, 5.41) is 0. The van der Waals surface area contributed by atoms with Crippen molar-refractivity contribution in [2.75, 3.05) is 13.0 Å². The number of benzene rings is 1. The van der Waals surface area contributed by atoms with Gasteiger partial charge in [-0.2, -0.15) is 0 Å². The molecule has 1 aromatic rings. The smallest absolute Gasteiger partial charge is 0.119 e. The molecule has 0 saturated carbocycles. The lowest BCUT2D eigenvalue weighted by Gasteiger charge is -1.99. The molecule has 0 amide bonds. The van der Waals surface area contributed by atoms with E-state index in [1.165, 1.54) is 24.8 Å². The zero-order chi connectivity index (χ0) is 12.9. The van der Waals surface area contributed by atoms with Crippen molar-refractivity contribution >= 4 is 17.7 Å². The van der Waals surface area contributed by atoms with E-state index in [0.717, 1.165) is 11.6 Å². The minimum Gasteiger partial charge on any atom is -0.497 e. The Hall–Kier alpha value is -0.950. The van der Waals surface area contributed by atoms with Gasteiger partial charge in [-0.1, -0.05) is 44.1 Å². The Morgan fingerprint density at radius 2 is 2.06 bits per heavy atom. The molecule has 0 N–H and O–H groups in total. The molecule has 17 heavy (non-hydrogen) atoms. The van der Waals surface area contributed by atoms with Crippen LogP contribution in [-0.2, 0) is 0 Å². The highest BCUT2D eigenvalue weighted by Crippen LogP contribution is 2.13. The Morgan fingerprint density at radius 3 is 2.53 bits per heavy atom. The molecule has 1 nitrogen and oxygen atoms in total. The first-order valence-electron chi connectivity index (χ1n) is 6.11. The van der Waals surface area contributed by atoms with Crippen molar-refractivity contribution in [1.29, 1.82) is 0 Å². The first-order valence-corrected chi connectivity index (χ1v) is 6.64. The molecular weight excluding hydrogens is 232 g/mol. The zero-order valence-electron chi connectivity index (χ0n) is 11.1.